The number of fused-ring (bicyclic) bond motifs is 1. The van der Waals surface area contributed by atoms with Gasteiger partial charge in [0.25, 0.3) is 5.91 Å². The van der Waals surface area contributed by atoms with Gasteiger partial charge in [0.05, 0.1) is 0 Å². The van der Waals surface area contributed by atoms with Crippen molar-refractivity contribution in [3.8, 4) is 0 Å². The normalized spacial score (nSPS) is 15.2. The Kier molecular flexibility index (Phi) is 1.54. The molecule has 0 radical (unpaired) electrons. The average Bonchev–Trinajstić information content (AvgIpc) is 2.32. The molecule has 0 N–H and O–H groups in total. The van der Waals surface area contributed by atoms with Crippen molar-refractivity contribution in [2.45, 2.75) is 6.54 Å². The number of aromatic nitrogens is 1. The van der Waals surface area contributed by atoms with Crippen LogP contribution in [0.4, 0.5) is 0 Å². The molecule has 1 aromatic rings. The summed E-state index contributed by atoms with van der Waals surface area (Å²) in [5.74, 6) is 0.0225. The number of halogens is 1. The first kappa shape index (κ1) is 7.55. The molecule has 12 heavy (non-hydrogen) atoms. The highest BCUT2D eigenvalue weighted by Gasteiger charge is 2.26. The zero-order chi connectivity index (χ0) is 8.72. The van der Waals surface area contributed by atoms with Crippen molar-refractivity contribution >= 4 is 17.5 Å². The highest BCUT2D eigenvalue weighted by atomic mass is 35.5. The molecule has 0 aromatic carbocycles. The number of pyridine rings is 1. The Morgan fingerprint density at radius 3 is 3.08 bits per heavy atom. The van der Waals surface area contributed by atoms with E-state index in [1.165, 1.54) is 0 Å². The Morgan fingerprint density at radius 2 is 2.42 bits per heavy atom. The summed E-state index contributed by atoms with van der Waals surface area (Å²) in [4.78, 5) is 16.9. The molecule has 1 aliphatic rings. The Morgan fingerprint density at radius 1 is 1.67 bits per heavy atom. The van der Waals surface area contributed by atoms with Crippen LogP contribution in [0.25, 0.3) is 0 Å². The molecule has 0 atom stereocenters. The van der Waals surface area contributed by atoms with Crippen LogP contribution in [0, 0.1) is 0 Å². The molecule has 2 heterocycles. The second kappa shape index (κ2) is 2.45. The third kappa shape index (κ3) is 0.898. The summed E-state index contributed by atoms with van der Waals surface area (Å²) in [6.45, 7) is 0.570. The van der Waals surface area contributed by atoms with Crippen molar-refractivity contribution in [2.24, 2.45) is 0 Å². The molecule has 1 aliphatic heterocycles. The van der Waals surface area contributed by atoms with E-state index < -0.39 is 0 Å². The monoisotopic (exact) mass is 182 g/mol. The minimum absolute atomic E-state index is 0.0225. The van der Waals surface area contributed by atoms with Crippen LogP contribution in [0.1, 0.15) is 15.9 Å². The summed E-state index contributed by atoms with van der Waals surface area (Å²) in [6, 6.07) is 1.70. The van der Waals surface area contributed by atoms with Gasteiger partial charge >= 0.3 is 0 Å². The molecule has 0 unspecified atom stereocenters. The van der Waals surface area contributed by atoms with Crippen LogP contribution in [-0.4, -0.2) is 22.8 Å². The Bertz CT molecular complexity index is 351. The van der Waals surface area contributed by atoms with Crippen molar-refractivity contribution in [1.29, 1.82) is 0 Å². The van der Waals surface area contributed by atoms with Gasteiger partial charge in [0.15, 0.2) is 0 Å². The predicted octanol–water partition coefficient (Wildman–Crippen LogP) is 1.32. The molecular weight excluding hydrogens is 176 g/mol. The van der Waals surface area contributed by atoms with Crippen molar-refractivity contribution < 1.29 is 4.79 Å². The Balaban J connectivity index is 2.61. The molecule has 0 aliphatic carbocycles. The summed E-state index contributed by atoms with van der Waals surface area (Å²) in [5.41, 5.74) is 1.52. The lowest BCUT2D eigenvalue weighted by molar-refractivity contribution is 0.0816. The summed E-state index contributed by atoms with van der Waals surface area (Å²) in [6.07, 6.45) is 1.55. The van der Waals surface area contributed by atoms with E-state index in [1.807, 2.05) is 0 Å². The van der Waals surface area contributed by atoms with E-state index in [0.717, 1.165) is 5.56 Å². The molecule has 0 bridgehead atoms. The molecule has 62 valence electrons. The Labute approximate surface area is 75.0 Å². The third-order valence-electron chi connectivity index (χ3n) is 1.98. The molecule has 3 nitrogen and oxygen atoms in total. The SMILES string of the molecule is CN1Cc2c(ccnc2Cl)C1=O. The van der Waals surface area contributed by atoms with Crippen molar-refractivity contribution in [1.82, 2.24) is 9.88 Å². The van der Waals surface area contributed by atoms with Gasteiger partial charge in [-0.1, -0.05) is 11.6 Å². The van der Waals surface area contributed by atoms with E-state index in [4.69, 9.17) is 11.6 Å². The molecule has 4 heteroatoms. The standard InChI is InChI=1S/C8H7ClN2O/c1-11-4-6-5(8(11)12)2-3-10-7(6)9/h2-3H,4H2,1H3. The van der Waals surface area contributed by atoms with E-state index >= 15 is 0 Å². The van der Waals surface area contributed by atoms with E-state index in [9.17, 15) is 4.79 Å². The lowest BCUT2D eigenvalue weighted by atomic mass is 10.2. The Hall–Kier alpha value is -1.09. The first-order valence-corrected chi connectivity index (χ1v) is 3.97. The van der Waals surface area contributed by atoms with E-state index in [1.54, 1.807) is 24.2 Å². The zero-order valence-corrected chi connectivity index (χ0v) is 7.30. The van der Waals surface area contributed by atoms with E-state index in [0.29, 0.717) is 17.3 Å². The second-order valence-electron chi connectivity index (χ2n) is 2.79. The van der Waals surface area contributed by atoms with Gasteiger partial charge in [-0.3, -0.25) is 4.79 Å². The van der Waals surface area contributed by atoms with Crippen LogP contribution in [0.3, 0.4) is 0 Å². The van der Waals surface area contributed by atoms with Crippen LogP contribution in [0.5, 0.6) is 0 Å². The average molecular weight is 183 g/mol. The van der Waals surface area contributed by atoms with Crippen molar-refractivity contribution in [3.05, 3.63) is 28.5 Å². The summed E-state index contributed by atoms with van der Waals surface area (Å²) in [7, 11) is 1.75. The summed E-state index contributed by atoms with van der Waals surface area (Å²) >= 11 is 5.81. The number of hydrogen-bond donors (Lipinski definition) is 0. The molecular formula is C8H7ClN2O. The smallest absolute Gasteiger partial charge is 0.254 e. The molecule has 0 fully saturated rings. The highest BCUT2D eigenvalue weighted by Crippen LogP contribution is 2.25. The lowest BCUT2D eigenvalue weighted by Crippen LogP contribution is -2.17. The predicted molar refractivity (Wildman–Crippen MR) is 45.0 cm³/mol. The fourth-order valence-electron chi connectivity index (χ4n) is 1.33. The minimum Gasteiger partial charge on any atom is -0.337 e. The van der Waals surface area contributed by atoms with Gasteiger partial charge in [-0.25, -0.2) is 4.98 Å². The molecule has 2 rings (SSSR count). The van der Waals surface area contributed by atoms with Crippen LogP contribution in [0.15, 0.2) is 12.3 Å². The van der Waals surface area contributed by atoms with E-state index in [2.05, 4.69) is 4.98 Å². The minimum atomic E-state index is 0.0225. The topological polar surface area (TPSA) is 33.2 Å². The largest absolute Gasteiger partial charge is 0.337 e. The van der Waals surface area contributed by atoms with Crippen LogP contribution < -0.4 is 0 Å². The molecule has 1 aromatic heterocycles. The summed E-state index contributed by atoms with van der Waals surface area (Å²) in [5, 5.41) is 0.435. The number of carbonyl (C=O) groups excluding carboxylic acids is 1. The number of hydrogen-bond acceptors (Lipinski definition) is 2. The van der Waals surface area contributed by atoms with E-state index in [-0.39, 0.29) is 5.91 Å². The van der Waals surface area contributed by atoms with Gasteiger partial charge in [0, 0.05) is 30.9 Å². The van der Waals surface area contributed by atoms with Crippen molar-refractivity contribution in [3.63, 3.8) is 0 Å². The molecule has 0 saturated heterocycles. The summed E-state index contributed by atoms with van der Waals surface area (Å²) < 4.78 is 0. The maximum atomic E-state index is 11.4. The van der Waals surface area contributed by atoms with Gasteiger partial charge in [-0.2, -0.15) is 0 Å². The van der Waals surface area contributed by atoms with Crippen LogP contribution in [0.2, 0.25) is 5.15 Å². The number of nitrogens with zero attached hydrogens (tertiary/aromatic N) is 2. The highest BCUT2D eigenvalue weighted by molar-refractivity contribution is 6.30. The lowest BCUT2D eigenvalue weighted by Gasteiger charge is -2.04. The molecule has 1 amide bonds. The first-order valence-electron chi connectivity index (χ1n) is 3.59. The fourth-order valence-corrected chi connectivity index (χ4v) is 1.55. The molecule has 0 spiro atoms. The van der Waals surface area contributed by atoms with Gasteiger partial charge in [-0.05, 0) is 6.07 Å². The fraction of sp³-hybridized carbons (Fsp3) is 0.250. The third-order valence-corrected chi connectivity index (χ3v) is 2.30. The zero-order valence-electron chi connectivity index (χ0n) is 6.54. The number of carbonyl (C=O) groups is 1. The first-order chi connectivity index (χ1) is 5.70. The quantitative estimate of drug-likeness (QED) is 0.567. The second-order valence-corrected chi connectivity index (χ2v) is 3.15. The van der Waals surface area contributed by atoms with Crippen molar-refractivity contribution in [2.75, 3.05) is 7.05 Å². The van der Waals surface area contributed by atoms with Gasteiger partial charge in [0.2, 0.25) is 0 Å². The number of rotatable bonds is 0. The van der Waals surface area contributed by atoms with Gasteiger partial charge < -0.3 is 4.90 Å². The van der Waals surface area contributed by atoms with Gasteiger partial charge in [0.1, 0.15) is 5.15 Å². The maximum Gasteiger partial charge on any atom is 0.254 e. The number of amides is 1. The van der Waals surface area contributed by atoms with Crippen LogP contribution in [-0.2, 0) is 6.54 Å². The van der Waals surface area contributed by atoms with Crippen LogP contribution >= 0.6 is 11.6 Å². The molecule has 0 saturated carbocycles. The maximum absolute atomic E-state index is 11.4. The van der Waals surface area contributed by atoms with Gasteiger partial charge in [-0.15, -0.1) is 0 Å².